The van der Waals surface area contributed by atoms with Gasteiger partial charge in [0.1, 0.15) is 11.5 Å². The average Bonchev–Trinajstić information content (AvgIpc) is 2.86. The van der Waals surface area contributed by atoms with Gasteiger partial charge in [-0.15, -0.1) is 0 Å². The number of esters is 1. The summed E-state index contributed by atoms with van der Waals surface area (Å²) < 4.78 is 10.4. The topological polar surface area (TPSA) is 39.4 Å². The minimum atomic E-state index is -0.391. The number of hydrogen-bond acceptors (Lipinski definition) is 3. The van der Waals surface area contributed by atoms with Crippen LogP contribution in [0.3, 0.4) is 0 Å². The highest BCUT2D eigenvalue weighted by Gasteiger charge is 2.06. The Morgan fingerprint density at radius 1 is 1.32 bits per heavy atom. The Morgan fingerprint density at radius 2 is 2.11 bits per heavy atom. The second kappa shape index (κ2) is 6.25. The number of benzene rings is 1. The van der Waals surface area contributed by atoms with Crippen LogP contribution in [0.2, 0.25) is 5.02 Å². The third-order valence-electron chi connectivity index (χ3n) is 2.44. The van der Waals surface area contributed by atoms with Gasteiger partial charge in [0.05, 0.1) is 11.6 Å². The van der Waals surface area contributed by atoms with Gasteiger partial charge in [-0.25, -0.2) is 4.79 Å². The summed E-state index contributed by atoms with van der Waals surface area (Å²) in [6.45, 7) is 2.11. The zero-order chi connectivity index (χ0) is 13.7. The Bertz CT molecular complexity index is 599. The lowest BCUT2D eigenvalue weighted by atomic mass is 10.2. The molecule has 0 fully saturated rings. The van der Waals surface area contributed by atoms with Crippen molar-refractivity contribution in [2.75, 3.05) is 6.61 Å². The maximum Gasteiger partial charge on any atom is 0.330 e. The van der Waals surface area contributed by atoms with Crippen molar-refractivity contribution in [3.8, 4) is 11.3 Å². The first-order valence-electron chi connectivity index (χ1n) is 5.90. The molecular weight excluding hydrogens is 264 g/mol. The summed E-state index contributed by atoms with van der Waals surface area (Å²) in [5.74, 6) is 0.843. The van der Waals surface area contributed by atoms with Gasteiger partial charge in [-0.05, 0) is 37.3 Å². The Balaban J connectivity index is 2.16. The number of carbonyl (C=O) groups excluding carboxylic acids is 1. The monoisotopic (exact) mass is 276 g/mol. The van der Waals surface area contributed by atoms with Crippen molar-refractivity contribution >= 4 is 23.6 Å². The molecular formula is C15H13ClO3. The molecule has 2 aromatic rings. The van der Waals surface area contributed by atoms with E-state index in [0.29, 0.717) is 23.2 Å². The maximum atomic E-state index is 11.2. The van der Waals surface area contributed by atoms with Crippen LogP contribution in [0, 0.1) is 0 Å². The third kappa shape index (κ3) is 3.48. The van der Waals surface area contributed by atoms with Crippen LogP contribution in [0.1, 0.15) is 12.7 Å². The highest BCUT2D eigenvalue weighted by Crippen LogP contribution is 2.29. The van der Waals surface area contributed by atoms with E-state index in [-0.39, 0.29) is 0 Å². The summed E-state index contributed by atoms with van der Waals surface area (Å²) in [4.78, 5) is 11.2. The summed E-state index contributed by atoms with van der Waals surface area (Å²) in [5.41, 5.74) is 0.819. The number of halogens is 1. The van der Waals surface area contributed by atoms with E-state index in [4.69, 9.17) is 20.8 Å². The Kier molecular flexibility index (Phi) is 4.42. The molecule has 0 aliphatic heterocycles. The highest BCUT2D eigenvalue weighted by atomic mass is 35.5. The summed E-state index contributed by atoms with van der Waals surface area (Å²) >= 11 is 6.08. The maximum absolute atomic E-state index is 11.2. The zero-order valence-electron chi connectivity index (χ0n) is 10.4. The number of furan rings is 1. The van der Waals surface area contributed by atoms with E-state index in [1.54, 1.807) is 25.1 Å². The third-order valence-corrected chi connectivity index (χ3v) is 2.77. The van der Waals surface area contributed by atoms with Gasteiger partial charge < -0.3 is 9.15 Å². The summed E-state index contributed by atoms with van der Waals surface area (Å²) in [6, 6.07) is 11.0. The summed E-state index contributed by atoms with van der Waals surface area (Å²) in [5, 5.41) is 0.623. The predicted octanol–water partition coefficient (Wildman–Crippen LogP) is 4.18. The van der Waals surface area contributed by atoms with Crippen LogP contribution >= 0.6 is 11.6 Å². The lowest BCUT2D eigenvalue weighted by molar-refractivity contribution is -0.137. The number of rotatable bonds is 4. The molecule has 0 aliphatic rings. The average molecular weight is 277 g/mol. The fourth-order valence-electron chi connectivity index (χ4n) is 1.59. The van der Waals surface area contributed by atoms with Gasteiger partial charge in [-0.2, -0.15) is 0 Å². The van der Waals surface area contributed by atoms with Crippen LogP contribution in [-0.4, -0.2) is 12.6 Å². The van der Waals surface area contributed by atoms with Crippen molar-refractivity contribution < 1.29 is 13.9 Å². The van der Waals surface area contributed by atoms with E-state index >= 15 is 0 Å². The largest absolute Gasteiger partial charge is 0.463 e. The van der Waals surface area contributed by atoms with E-state index in [1.165, 1.54) is 6.08 Å². The van der Waals surface area contributed by atoms with Crippen LogP contribution in [-0.2, 0) is 9.53 Å². The van der Waals surface area contributed by atoms with Gasteiger partial charge in [0.2, 0.25) is 0 Å². The molecule has 19 heavy (non-hydrogen) atoms. The lowest BCUT2D eigenvalue weighted by Crippen LogP contribution is -1.98. The standard InChI is InChI=1S/C15H13ClO3/c1-2-18-15(17)10-8-11-7-9-14(19-11)12-5-3-4-6-13(12)16/h3-10H,2H2,1H3/b10-8+. The first-order valence-corrected chi connectivity index (χ1v) is 6.28. The van der Waals surface area contributed by atoms with E-state index in [2.05, 4.69) is 0 Å². The van der Waals surface area contributed by atoms with Gasteiger partial charge in [-0.1, -0.05) is 23.7 Å². The molecule has 4 heteroatoms. The molecule has 0 amide bonds. The van der Waals surface area contributed by atoms with Crippen LogP contribution in [0.25, 0.3) is 17.4 Å². The smallest absolute Gasteiger partial charge is 0.330 e. The number of ether oxygens (including phenoxy) is 1. The predicted molar refractivity (Wildman–Crippen MR) is 74.8 cm³/mol. The number of hydrogen-bond donors (Lipinski definition) is 0. The first-order chi connectivity index (χ1) is 9.20. The van der Waals surface area contributed by atoms with E-state index < -0.39 is 5.97 Å². The minimum Gasteiger partial charge on any atom is -0.463 e. The Labute approximate surface area is 116 Å². The SMILES string of the molecule is CCOC(=O)/C=C/c1ccc(-c2ccccc2Cl)o1. The van der Waals surface area contributed by atoms with Gasteiger partial charge in [-0.3, -0.25) is 0 Å². The second-order valence-electron chi connectivity index (χ2n) is 3.77. The fraction of sp³-hybridized carbons (Fsp3) is 0.133. The molecule has 0 saturated heterocycles. The normalized spacial score (nSPS) is 10.8. The molecule has 0 aliphatic carbocycles. The van der Waals surface area contributed by atoms with Crippen molar-refractivity contribution in [1.29, 1.82) is 0 Å². The molecule has 0 radical (unpaired) electrons. The van der Waals surface area contributed by atoms with Crippen molar-refractivity contribution in [3.05, 3.63) is 53.3 Å². The molecule has 2 rings (SSSR count). The molecule has 0 N–H and O–H groups in total. The van der Waals surface area contributed by atoms with Crippen LogP contribution in [0.4, 0.5) is 0 Å². The number of carbonyl (C=O) groups is 1. The van der Waals surface area contributed by atoms with E-state index in [0.717, 1.165) is 5.56 Å². The highest BCUT2D eigenvalue weighted by molar-refractivity contribution is 6.33. The Morgan fingerprint density at radius 3 is 2.84 bits per heavy atom. The molecule has 1 aromatic heterocycles. The van der Waals surface area contributed by atoms with Gasteiger partial charge >= 0.3 is 5.97 Å². The van der Waals surface area contributed by atoms with E-state index in [9.17, 15) is 4.79 Å². The molecule has 0 saturated carbocycles. The molecule has 1 heterocycles. The molecule has 1 aromatic carbocycles. The van der Waals surface area contributed by atoms with E-state index in [1.807, 2.05) is 24.3 Å². The van der Waals surface area contributed by atoms with Crippen LogP contribution < -0.4 is 0 Å². The molecule has 98 valence electrons. The fourth-order valence-corrected chi connectivity index (χ4v) is 1.82. The van der Waals surface area contributed by atoms with Crippen LogP contribution in [0.15, 0.2) is 46.9 Å². The molecule has 0 spiro atoms. The second-order valence-corrected chi connectivity index (χ2v) is 4.17. The molecule has 0 atom stereocenters. The quantitative estimate of drug-likeness (QED) is 0.621. The minimum absolute atomic E-state index is 0.353. The van der Waals surface area contributed by atoms with Gasteiger partial charge in [0.25, 0.3) is 0 Å². The van der Waals surface area contributed by atoms with Crippen LogP contribution in [0.5, 0.6) is 0 Å². The molecule has 0 bridgehead atoms. The van der Waals surface area contributed by atoms with Crippen molar-refractivity contribution in [1.82, 2.24) is 0 Å². The Hall–Kier alpha value is -2.00. The lowest BCUT2D eigenvalue weighted by Gasteiger charge is -1.98. The summed E-state index contributed by atoms with van der Waals surface area (Å²) in [6.07, 6.45) is 2.90. The molecule has 3 nitrogen and oxygen atoms in total. The van der Waals surface area contributed by atoms with Crippen molar-refractivity contribution in [2.45, 2.75) is 6.92 Å². The van der Waals surface area contributed by atoms with Crippen molar-refractivity contribution in [2.24, 2.45) is 0 Å². The summed E-state index contributed by atoms with van der Waals surface area (Å²) in [7, 11) is 0. The molecule has 0 unspecified atom stereocenters. The van der Waals surface area contributed by atoms with Gasteiger partial charge in [0.15, 0.2) is 0 Å². The van der Waals surface area contributed by atoms with Crippen molar-refractivity contribution in [3.63, 3.8) is 0 Å². The first kappa shape index (κ1) is 13.4. The van der Waals surface area contributed by atoms with Gasteiger partial charge in [0, 0.05) is 11.6 Å². The zero-order valence-corrected chi connectivity index (χ0v) is 11.2.